The van der Waals surface area contributed by atoms with Crippen LogP contribution in [0.1, 0.15) is 55.0 Å². The van der Waals surface area contributed by atoms with E-state index in [2.05, 4.69) is 88.0 Å². The zero-order valence-corrected chi connectivity index (χ0v) is 25.0. The molecule has 1 aliphatic heterocycles. The van der Waals surface area contributed by atoms with E-state index < -0.39 is 0 Å². The zero-order chi connectivity index (χ0) is 28.9. The van der Waals surface area contributed by atoms with Crippen LogP contribution in [0.25, 0.3) is 5.69 Å². The number of carbonyl (C=O) groups excluding carboxylic acids is 1. The number of anilines is 2. The number of hydrogen-bond acceptors (Lipinski definition) is 4. The maximum Gasteiger partial charge on any atom is 0.226 e. The molecule has 4 aromatic rings. The van der Waals surface area contributed by atoms with Crippen molar-refractivity contribution in [2.75, 3.05) is 29.9 Å². The first-order chi connectivity index (χ1) is 19.9. The highest BCUT2D eigenvalue weighted by molar-refractivity contribution is 7.80. The van der Waals surface area contributed by atoms with Gasteiger partial charge in [-0.05, 0) is 100 Å². The lowest BCUT2D eigenvalue weighted by Crippen LogP contribution is -2.32. The van der Waals surface area contributed by atoms with Crippen molar-refractivity contribution in [1.82, 2.24) is 19.8 Å². The number of aromatic nitrogens is 2. The van der Waals surface area contributed by atoms with Crippen LogP contribution in [0.5, 0.6) is 0 Å². The summed E-state index contributed by atoms with van der Waals surface area (Å²) in [4.78, 5) is 22.0. The van der Waals surface area contributed by atoms with E-state index in [4.69, 9.17) is 12.2 Å². The third kappa shape index (κ3) is 5.98. The number of nitrogens with zero attached hydrogens (tertiary/aromatic N) is 4. The number of benzene rings is 2. The van der Waals surface area contributed by atoms with Gasteiger partial charge in [-0.1, -0.05) is 24.3 Å². The van der Waals surface area contributed by atoms with Crippen molar-refractivity contribution in [2.45, 2.75) is 46.2 Å². The average molecular weight is 567 g/mol. The van der Waals surface area contributed by atoms with E-state index >= 15 is 0 Å². The summed E-state index contributed by atoms with van der Waals surface area (Å²) >= 11 is 5.86. The summed E-state index contributed by atoms with van der Waals surface area (Å²) in [7, 11) is 0. The normalized spacial score (nSPS) is 16.5. The van der Waals surface area contributed by atoms with Gasteiger partial charge in [0.25, 0.3) is 0 Å². The van der Waals surface area contributed by atoms with Crippen LogP contribution in [0, 0.1) is 13.8 Å². The van der Waals surface area contributed by atoms with Crippen LogP contribution < -0.4 is 15.5 Å². The number of para-hydroxylation sites is 1. The Hall–Kier alpha value is -4.17. The Morgan fingerprint density at radius 1 is 1.00 bits per heavy atom. The van der Waals surface area contributed by atoms with Gasteiger partial charge in [0.15, 0.2) is 5.11 Å². The second-order valence-electron chi connectivity index (χ2n) is 10.3. The molecule has 7 nitrogen and oxygen atoms in total. The molecular weight excluding hydrogens is 528 g/mol. The fourth-order valence-corrected chi connectivity index (χ4v) is 6.17. The standard InChI is InChI=1S/C33H38N6OS/c1-5-37(6-2)26-15-17-27(18-16-26)39-23(3)22-28(24(39)4)32-31(29-14-10-11-20-34-29)36-33(41)38(32)21-19-30(40)35-25-12-8-7-9-13-25/h7-18,20,22,31-32H,5-6,19,21H2,1-4H3,(H,35,40)(H,36,41)/t31-,32+/m1/s1. The molecule has 1 saturated heterocycles. The van der Waals surface area contributed by atoms with Gasteiger partial charge >= 0.3 is 0 Å². The average Bonchev–Trinajstić information content (AvgIpc) is 3.48. The van der Waals surface area contributed by atoms with Gasteiger partial charge in [-0.15, -0.1) is 0 Å². The smallest absolute Gasteiger partial charge is 0.226 e. The highest BCUT2D eigenvalue weighted by Crippen LogP contribution is 2.41. The molecule has 0 saturated carbocycles. The van der Waals surface area contributed by atoms with Crippen LogP contribution in [0.15, 0.2) is 85.1 Å². The minimum atomic E-state index is -0.139. The lowest BCUT2D eigenvalue weighted by molar-refractivity contribution is -0.116. The molecule has 212 valence electrons. The van der Waals surface area contributed by atoms with Gasteiger partial charge < -0.3 is 25.0 Å². The van der Waals surface area contributed by atoms with Crippen LogP contribution in [-0.2, 0) is 4.79 Å². The van der Waals surface area contributed by atoms with Crippen molar-refractivity contribution in [3.63, 3.8) is 0 Å². The molecular formula is C33H38N6OS. The van der Waals surface area contributed by atoms with Crippen molar-refractivity contribution in [3.8, 4) is 5.69 Å². The summed E-state index contributed by atoms with van der Waals surface area (Å²) in [5.41, 5.74) is 7.52. The van der Waals surface area contributed by atoms with Crippen LogP contribution in [0.4, 0.5) is 11.4 Å². The number of thiocarbonyl (C=S) groups is 1. The van der Waals surface area contributed by atoms with Crippen LogP contribution >= 0.6 is 12.2 Å². The summed E-state index contributed by atoms with van der Waals surface area (Å²) in [5.74, 6) is -0.0437. The summed E-state index contributed by atoms with van der Waals surface area (Å²) < 4.78 is 2.30. The summed E-state index contributed by atoms with van der Waals surface area (Å²) in [6, 6.07) is 26.3. The second kappa shape index (κ2) is 12.6. The monoisotopic (exact) mass is 566 g/mol. The Bertz CT molecular complexity index is 1480. The molecule has 1 amide bonds. The third-order valence-electron chi connectivity index (χ3n) is 7.86. The fourth-order valence-electron chi connectivity index (χ4n) is 5.84. The first-order valence-electron chi connectivity index (χ1n) is 14.3. The quantitative estimate of drug-likeness (QED) is 0.219. The van der Waals surface area contributed by atoms with E-state index in [1.165, 1.54) is 11.3 Å². The maximum absolute atomic E-state index is 12.9. The van der Waals surface area contributed by atoms with Gasteiger partial charge in [-0.25, -0.2) is 0 Å². The van der Waals surface area contributed by atoms with Gasteiger partial charge in [0.2, 0.25) is 5.91 Å². The minimum absolute atomic E-state index is 0.0437. The number of aryl methyl sites for hydroxylation is 1. The predicted molar refractivity (Wildman–Crippen MR) is 171 cm³/mol. The number of hydrogen-bond donors (Lipinski definition) is 2. The van der Waals surface area contributed by atoms with Gasteiger partial charge in [-0.3, -0.25) is 9.78 Å². The second-order valence-corrected chi connectivity index (χ2v) is 10.7. The van der Waals surface area contributed by atoms with Crippen molar-refractivity contribution in [1.29, 1.82) is 0 Å². The van der Waals surface area contributed by atoms with Crippen molar-refractivity contribution >= 4 is 34.6 Å². The topological polar surface area (TPSA) is 65.4 Å². The van der Waals surface area contributed by atoms with Crippen LogP contribution in [0.2, 0.25) is 0 Å². The fraction of sp³-hybridized carbons (Fsp3) is 0.303. The maximum atomic E-state index is 12.9. The lowest BCUT2D eigenvalue weighted by Gasteiger charge is -2.28. The molecule has 0 spiro atoms. The summed E-state index contributed by atoms with van der Waals surface area (Å²) in [5, 5.41) is 7.15. The van der Waals surface area contributed by atoms with E-state index in [-0.39, 0.29) is 18.0 Å². The van der Waals surface area contributed by atoms with Crippen molar-refractivity contribution < 1.29 is 4.79 Å². The highest BCUT2D eigenvalue weighted by atomic mass is 32.1. The van der Waals surface area contributed by atoms with Crippen molar-refractivity contribution in [2.24, 2.45) is 0 Å². The van der Waals surface area contributed by atoms with Crippen LogP contribution in [-0.4, -0.2) is 45.1 Å². The number of rotatable bonds is 10. The van der Waals surface area contributed by atoms with Gasteiger partial charge in [-0.2, -0.15) is 0 Å². The van der Waals surface area contributed by atoms with Gasteiger partial charge in [0.05, 0.1) is 17.8 Å². The Kier molecular flexibility index (Phi) is 8.69. The van der Waals surface area contributed by atoms with Gasteiger partial charge in [0.1, 0.15) is 0 Å². The SMILES string of the molecule is CCN(CC)c1ccc(-n2c(C)cc([C@H]3[C@@H](c4ccccn4)NC(=S)N3CCC(=O)Nc3ccccc3)c2C)cc1. The molecule has 2 aromatic heterocycles. The van der Waals surface area contributed by atoms with Gasteiger partial charge in [0, 0.05) is 60.7 Å². The third-order valence-corrected chi connectivity index (χ3v) is 8.21. The summed E-state index contributed by atoms with van der Waals surface area (Å²) in [6.45, 7) is 11.1. The van der Waals surface area contributed by atoms with Crippen molar-refractivity contribution in [3.05, 3.63) is 108 Å². The molecule has 1 fully saturated rings. The lowest BCUT2D eigenvalue weighted by atomic mass is 9.96. The molecule has 1 aliphatic rings. The van der Waals surface area contributed by atoms with E-state index in [1.54, 1.807) is 0 Å². The number of nitrogens with one attached hydrogen (secondary N) is 2. The molecule has 3 heterocycles. The molecule has 0 aliphatic carbocycles. The minimum Gasteiger partial charge on any atom is -0.372 e. The first-order valence-corrected chi connectivity index (χ1v) is 14.7. The molecule has 8 heteroatoms. The molecule has 2 atom stereocenters. The number of carbonyl (C=O) groups is 1. The molecule has 41 heavy (non-hydrogen) atoms. The molecule has 5 rings (SSSR count). The Morgan fingerprint density at radius 3 is 2.37 bits per heavy atom. The molecule has 0 unspecified atom stereocenters. The Balaban J connectivity index is 1.46. The largest absolute Gasteiger partial charge is 0.372 e. The van der Waals surface area contributed by atoms with Crippen LogP contribution in [0.3, 0.4) is 0 Å². The highest BCUT2D eigenvalue weighted by Gasteiger charge is 2.41. The summed E-state index contributed by atoms with van der Waals surface area (Å²) in [6.07, 6.45) is 2.13. The molecule has 0 bridgehead atoms. The van der Waals surface area contributed by atoms with E-state index in [0.29, 0.717) is 18.1 Å². The first kappa shape index (κ1) is 28.4. The predicted octanol–water partition coefficient (Wildman–Crippen LogP) is 6.34. The Labute approximate surface area is 248 Å². The van der Waals surface area contributed by atoms with E-state index in [0.717, 1.165) is 41.5 Å². The molecule has 0 radical (unpaired) electrons. The number of amides is 1. The zero-order valence-electron chi connectivity index (χ0n) is 24.2. The van der Waals surface area contributed by atoms with E-state index in [1.807, 2.05) is 54.7 Å². The molecule has 2 aromatic carbocycles. The molecule has 2 N–H and O–H groups in total. The number of pyridine rings is 1. The Morgan fingerprint density at radius 2 is 1.71 bits per heavy atom. The van der Waals surface area contributed by atoms with E-state index in [9.17, 15) is 4.79 Å².